The number of aryl methyl sites for hydroxylation is 1. The van der Waals surface area contributed by atoms with E-state index < -0.39 is 0 Å². The van der Waals surface area contributed by atoms with Gasteiger partial charge in [-0.1, -0.05) is 31.1 Å². The number of nitrogens with one attached hydrogen (secondary N) is 1. The van der Waals surface area contributed by atoms with E-state index in [1.54, 1.807) is 0 Å². The molecule has 1 aromatic heterocycles. The molecule has 1 rings (SSSR count). The van der Waals surface area contributed by atoms with Crippen LogP contribution in [0.1, 0.15) is 38.6 Å². The highest BCUT2D eigenvalue weighted by atomic mass is 16.6. The molecule has 0 saturated carbocycles. The molecule has 4 nitrogen and oxygen atoms in total. The molecule has 1 aromatic rings. The van der Waals surface area contributed by atoms with Crippen molar-refractivity contribution in [1.29, 1.82) is 0 Å². The standard InChI is InChI=1S/C10H19N3O/c1-5-9(7(2)3)11-6-10-8(4)12-14-13-10/h7,9,11H,5-6H2,1-4H3. The van der Waals surface area contributed by atoms with Crippen LogP contribution in [0.25, 0.3) is 0 Å². The van der Waals surface area contributed by atoms with Gasteiger partial charge in [-0.25, -0.2) is 4.63 Å². The third kappa shape index (κ3) is 2.80. The number of rotatable bonds is 5. The van der Waals surface area contributed by atoms with Gasteiger partial charge in [-0.05, 0) is 19.3 Å². The molecule has 1 atom stereocenters. The molecular weight excluding hydrogens is 178 g/mol. The zero-order valence-corrected chi connectivity index (χ0v) is 9.37. The van der Waals surface area contributed by atoms with Gasteiger partial charge in [-0.2, -0.15) is 0 Å². The van der Waals surface area contributed by atoms with Crippen LogP contribution < -0.4 is 5.32 Å². The summed E-state index contributed by atoms with van der Waals surface area (Å²) in [4.78, 5) is 0. The van der Waals surface area contributed by atoms with Gasteiger partial charge >= 0.3 is 0 Å². The van der Waals surface area contributed by atoms with Crippen molar-refractivity contribution >= 4 is 0 Å². The third-order valence-corrected chi connectivity index (χ3v) is 2.52. The summed E-state index contributed by atoms with van der Waals surface area (Å²) in [5, 5.41) is 11.0. The molecule has 0 aromatic carbocycles. The molecule has 0 amide bonds. The van der Waals surface area contributed by atoms with E-state index in [2.05, 4.69) is 41.0 Å². The normalized spacial score (nSPS) is 13.5. The second-order valence-electron chi connectivity index (χ2n) is 3.94. The van der Waals surface area contributed by atoms with Crippen LogP contribution in [0.2, 0.25) is 0 Å². The van der Waals surface area contributed by atoms with E-state index in [0.29, 0.717) is 12.0 Å². The molecule has 0 aliphatic carbocycles. The molecule has 4 heteroatoms. The first-order valence-electron chi connectivity index (χ1n) is 5.16. The van der Waals surface area contributed by atoms with Crippen LogP contribution >= 0.6 is 0 Å². The van der Waals surface area contributed by atoms with Gasteiger partial charge < -0.3 is 5.32 Å². The van der Waals surface area contributed by atoms with Crippen LogP contribution in [-0.4, -0.2) is 16.4 Å². The monoisotopic (exact) mass is 197 g/mol. The fourth-order valence-electron chi connectivity index (χ4n) is 1.49. The van der Waals surface area contributed by atoms with Crippen LogP contribution in [-0.2, 0) is 6.54 Å². The Balaban J connectivity index is 2.43. The fraction of sp³-hybridized carbons (Fsp3) is 0.800. The zero-order chi connectivity index (χ0) is 10.6. The summed E-state index contributed by atoms with van der Waals surface area (Å²) in [5.41, 5.74) is 1.78. The van der Waals surface area contributed by atoms with Gasteiger partial charge in [-0.3, -0.25) is 0 Å². The highest BCUT2D eigenvalue weighted by molar-refractivity contribution is 5.04. The second-order valence-corrected chi connectivity index (χ2v) is 3.94. The summed E-state index contributed by atoms with van der Waals surface area (Å²) in [6, 6.07) is 0.533. The Bertz CT molecular complexity index is 270. The first-order valence-corrected chi connectivity index (χ1v) is 5.16. The van der Waals surface area contributed by atoms with Crippen LogP contribution in [0.4, 0.5) is 0 Å². The summed E-state index contributed by atoms with van der Waals surface area (Å²) in [6.45, 7) is 9.27. The Labute approximate surface area is 85.0 Å². The van der Waals surface area contributed by atoms with Crippen molar-refractivity contribution in [2.45, 2.75) is 46.7 Å². The van der Waals surface area contributed by atoms with Crippen LogP contribution in [0.15, 0.2) is 4.63 Å². The average Bonchev–Trinajstić information content (AvgIpc) is 2.52. The van der Waals surface area contributed by atoms with Gasteiger partial charge in [0, 0.05) is 12.6 Å². The number of hydrogen-bond acceptors (Lipinski definition) is 4. The maximum atomic E-state index is 4.63. The van der Waals surface area contributed by atoms with Crippen molar-refractivity contribution in [3.63, 3.8) is 0 Å². The average molecular weight is 197 g/mol. The molecule has 1 heterocycles. The van der Waals surface area contributed by atoms with E-state index in [1.807, 2.05) is 6.92 Å². The smallest absolute Gasteiger partial charge is 0.121 e. The maximum Gasteiger partial charge on any atom is 0.121 e. The van der Waals surface area contributed by atoms with Crippen molar-refractivity contribution in [3.8, 4) is 0 Å². The molecular formula is C10H19N3O. The molecule has 0 bridgehead atoms. The minimum atomic E-state index is 0.533. The second kappa shape index (κ2) is 5.10. The van der Waals surface area contributed by atoms with Gasteiger partial charge in [-0.15, -0.1) is 0 Å². The Morgan fingerprint density at radius 1 is 1.36 bits per heavy atom. The van der Waals surface area contributed by atoms with E-state index in [1.165, 1.54) is 0 Å². The van der Waals surface area contributed by atoms with Gasteiger partial charge in [0.2, 0.25) is 0 Å². The Hall–Kier alpha value is -0.900. The molecule has 80 valence electrons. The maximum absolute atomic E-state index is 4.63. The molecule has 0 aliphatic heterocycles. The first-order chi connectivity index (χ1) is 6.65. The molecule has 0 radical (unpaired) electrons. The zero-order valence-electron chi connectivity index (χ0n) is 9.37. The summed E-state index contributed by atoms with van der Waals surface area (Å²) in [7, 11) is 0. The molecule has 0 spiro atoms. The molecule has 14 heavy (non-hydrogen) atoms. The minimum Gasteiger partial charge on any atom is -0.308 e. The van der Waals surface area contributed by atoms with Crippen LogP contribution in [0, 0.1) is 12.8 Å². The summed E-state index contributed by atoms with van der Waals surface area (Å²) in [5.74, 6) is 0.639. The van der Waals surface area contributed by atoms with E-state index in [0.717, 1.165) is 24.4 Å². The minimum absolute atomic E-state index is 0.533. The Kier molecular flexibility index (Phi) is 4.07. The predicted molar refractivity (Wildman–Crippen MR) is 54.8 cm³/mol. The highest BCUT2D eigenvalue weighted by Gasteiger charge is 2.12. The van der Waals surface area contributed by atoms with E-state index in [9.17, 15) is 0 Å². The predicted octanol–water partition coefficient (Wildman–Crippen LogP) is 1.90. The van der Waals surface area contributed by atoms with Crippen molar-refractivity contribution in [2.24, 2.45) is 5.92 Å². The summed E-state index contributed by atoms with van der Waals surface area (Å²) < 4.78 is 4.63. The third-order valence-electron chi connectivity index (χ3n) is 2.52. The lowest BCUT2D eigenvalue weighted by atomic mass is 10.0. The van der Waals surface area contributed by atoms with E-state index in [-0.39, 0.29) is 0 Å². The van der Waals surface area contributed by atoms with Crippen molar-refractivity contribution in [1.82, 2.24) is 15.6 Å². The number of nitrogens with zero attached hydrogens (tertiary/aromatic N) is 2. The first kappa shape index (κ1) is 11.2. The molecule has 0 fully saturated rings. The van der Waals surface area contributed by atoms with E-state index >= 15 is 0 Å². The fourth-order valence-corrected chi connectivity index (χ4v) is 1.49. The number of hydrogen-bond donors (Lipinski definition) is 1. The lowest BCUT2D eigenvalue weighted by molar-refractivity contribution is 0.298. The lowest BCUT2D eigenvalue weighted by Gasteiger charge is -2.19. The topological polar surface area (TPSA) is 51.0 Å². The molecule has 0 aliphatic rings. The van der Waals surface area contributed by atoms with Crippen molar-refractivity contribution in [3.05, 3.63) is 11.4 Å². The van der Waals surface area contributed by atoms with Gasteiger partial charge in [0.15, 0.2) is 0 Å². The SMILES string of the molecule is CCC(NCc1nonc1C)C(C)C. The Morgan fingerprint density at radius 2 is 2.07 bits per heavy atom. The number of aromatic nitrogens is 2. The molecule has 1 N–H and O–H groups in total. The van der Waals surface area contributed by atoms with Gasteiger partial charge in [0.1, 0.15) is 11.4 Å². The lowest BCUT2D eigenvalue weighted by Crippen LogP contribution is -2.32. The highest BCUT2D eigenvalue weighted by Crippen LogP contribution is 2.07. The quantitative estimate of drug-likeness (QED) is 0.783. The Morgan fingerprint density at radius 3 is 2.50 bits per heavy atom. The summed E-state index contributed by atoms with van der Waals surface area (Å²) >= 11 is 0. The molecule has 0 saturated heterocycles. The largest absolute Gasteiger partial charge is 0.308 e. The van der Waals surface area contributed by atoms with E-state index in [4.69, 9.17) is 0 Å². The van der Waals surface area contributed by atoms with Crippen molar-refractivity contribution in [2.75, 3.05) is 0 Å². The van der Waals surface area contributed by atoms with Crippen LogP contribution in [0.3, 0.4) is 0 Å². The summed E-state index contributed by atoms with van der Waals surface area (Å²) in [6.07, 6.45) is 1.13. The van der Waals surface area contributed by atoms with Gasteiger partial charge in [0.05, 0.1) is 0 Å². The van der Waals surface area contributed by atoms with Crippen LogP contribution in [0.5, 0.6) is 0 Å². The van der Waals surface area contributed by atoms with Crippen molar-refractivity contribution < 1.29 is 4.63 Å². The van der Waals surface area contributed by atoms with Gasteiger partial charge in [0.25, 0.3) is 0 Å². The molecule has 1 unspecified atom stereocenters.